The van der Waals surface area contributed by atoms with E-state index < -0.39 is 0 Å². The van der Waals surface area contributed by atoms with Gasteiger partial charge in [0, 0.05) is 23.0 Å². The van der Waals surface area contributed by atoms with E-state index in [-0.39, 0.29) is 22.0 Å². The zero-order chi connectivity index (χ0) is 37.0. The fourth-order valence-electron chi connectivity index (χ4n) is 6.49. The average Bonchev–Trinajstić information content (AvgIpc) is 3.46. The van der Waals surface area contributed by atoms with Crippen LogP contribution in [0.5, 0.6) is 5.75 Å². The van der Waals surface area contributed by atoms with Crippen molar-refractivity contribution in [2.24, 2.45) is 0 Å². The van der Waals surface area contributed by atoms with Crippen molar-refractivity contribution >= 4 is 16.7 Å². The SMILES string of the molecule is [C-]#[N+]c1ccc(-c2nc3c(-c4cc(-c5cc(C(C)C)ccn5)cc(C(C)(C)C)c4)cccc3n2-c2cc(C(C)(C)C)cc(C(C)(C)C)c2)c(O)c1. The first-order valence-electron chi connectivity index (χ1n) is 17.9. The van der Waals surface area contributed by atoms with Crippen LogP contribution >= 0.6 is 0 Å². The summed E-state index contributed by atoms with van der Waals surface area (Å²) in [7, 11) is 0. The minimum atomic E-state index is -0.105. The number of benzene rings is 4. The first-order valence-corrected chi connectivity index (χ1v) is 17.9. The molecule has 2 heterocycles. The topological polar surface area (TPSA) is 55.3 Å². The third-order valence-corrected chi connectivity index (χ3v) is 9.80. The quantitative estimate of drug-likeness (QED) is 0.185. The highest BCUT2D eigenvalue weighted by atomic mass is 16.3. The van der Waals surface area contributed by atoms with Crippen molar-refractivity contribution in [1.82, 2.24) is 14.5 Å². The van der Waals surface area contributed by atoms with E-state index in [1.54, 1.807) is 6.07 Å². The van der Waals surface area contributed by atoms with Gasteiger partial charge in [-0.15, -0.1) is 0 Å². The maximum absolute atomic E-state index is 11.4. The molecule has 2 aromatic heterocycles. The molecule has 6 rings (SSSR count). The Morgan fingerprint density at radius 2 is 1.31 bits per heavy atom. The van der Waals surface area contributed by atoms with E-state index in [0.717, 1.165) is 39.1 Å². The van der Waals surface area contributed by atoms with Crippen LogP contribution in [0.25, 0.3) is 55.3 Å². The number of para-hydroxylation sites is 1. The minimum absolute atomic E-state index is 0.0257. The minimum Gasteiger partial charge on any atom is -0.509 e. The molecule has 4 aromatic carbocycles. The lowest BCUT2D eigenvalue weighted by Crippen LogP contribution is -2.17. The van der Waals surface area contributed by atoms with Crippen molar-refractivity contribution in [1.29, 1.82) is 0 Å². The molecule has 0 aliphatic heterocycles. The maximum atomic E-state index is 11.4. The van der Waals surface area contributed by atoms with Crippen LogP contribution in [0, 0.1) is 6.57 Å². The van der Waals surface area contributed by atoms with E-state index in [0.29, 0.717) is 23.0 Å². The van der Waals surface area contributed by atoms with Gasteiger partial charge in [0.2, 0.25) is 0 Å². The molecule has 0 fully saturated rings. The third-order valence-electron chi connectivity index (χ3n) is 9.80. The number of rotatable bonds is 5. The highest BCUT2D eigenvalue weighted by Gasteiger charge is 2.26. The molecule has 0 radical (unpaired) electrons. The molecule has 5 heteroatoms. The van der Waals surface area contributed by atoms with Crippen LogP contribution < -0.4 is 0 Å². The third kappa shape index (κ3) is 7.06. The summed E-state index contributed by atoms with van der Waals surface area (Å²) < 4.78 is 2.18. The van der Waals surface area contributed by atoms with Crippen molar-refractivity contribution in [3.63, 3.8) is 0 Å². The van der Waals surface area contributed by atoms with Gasteiger partial charge in [-0.3, -0.25) is 9.55 Å². The molecule has 0 spiro atoms. The molecule has 51 heavy (non-hydrogen) atoms. The predicted molar refractivity (Wildman–Crippen MR) is 213 cm³/mol. The van der Waals surface area contributed by atoms with E-state index in [4.69, 9.17) is 16.5 Å². The van der Waals surface area contributed by atoms with Gasteiger partial charge in [0.25, 0.3) is 0 Å². The van der Waals surface area contributed by atoms with Gasteiger partial charge in [0.15, 0.2) is 5.69 Å². The van der Waals surface area contributed by atoms with Gasteiger partial charge < -0.3 is 5.11 Å². The van der Waals surface area contributed by atoms with Gasteiger partial charge in [0.05, 0.1) is 28.9 Å². The Hall–Kier alpha value is -5.21. The molecule has 1 N–H and O–H groups in total. The molecule has 0 saturated carbocycles. The smallest absolute Gasteiger partial charge is 0.190 e. The van der Waals surface area contributed by atoms with Gasteiger partial charge in [-0.05, 0) is 98.5 Å². The monoisotopic (exact) mass is 674 g/mol. The lowest BCUT2D eigenvalue weighted by Gasteiger charge is -2.27. The number of aromatic hydroxyl groups is 1. The van der Waals surface area contributed by atoms with Crippen LogP contribution in [-0.4, -0.2) is 19.6 Å². The molecule has 0 saturated heterocycles. The second kappa shape index (κ2) is 12.8. The first-order chi connectivity index (χ1) is 23.8. The lowest BCUT2D eigenvalue weighted by molar-refractivity contribution is 0.477. The number of phenols is 1. The predicted octanol–water partition coefficient (Wildman–Crippen LogP) is 12.7. The Balaban J connectivity index is 1.70. The summed E-state index contributed by atoms with van der Waals surface area (Å²) in [6, 6.07) is 29.3. The zero-order valence-corrected chi connectivity index (χ0v) is 32.0. The highest BCUT2D eigenvalue weighted by molar-refractivity contribution is 5.97. The molecule has 0 amide bonds. The summed E-state index contributed by atoms with van der Waals surface area (Å²) in [5, 5.41) is 11.4. The number of imidazole rings is 1. The second-order valence-corrected chi connectivity index (χ2v) is 17.2. The van der Waals surface area contributed by atoms with Crippen molar-refractivity contribution in [3.05, 3.63) is 125 Å². The Labute approximate surface area is 303 Å². The highest BCUT2D eigenvalue weighted by Crippen LogP contribution is 2.42. The molecular formula is C46H50N4O. The maximum Gasteiger partial charge on any atom is 0.190 e. The van der Waals surface area contributed by atoms with Crippen LogP contribution in [0.4, 0.5) is 5.69 Å². The van der Waals surface area contributed by atoms with Crippen molar-refractivity contribution in [2.45, 2.75) is 98.3 Å². The average molecular weight is 675 g/mol. The number of hydrogen-bond acceptors (Lipinski definition) is 3. The second-order valence-electron chi connectivity index (χ2n) is 17.2. The van der Waals surface area contributed by atoms with Crippen LogP contribution in [-0.2, 0) is 16.2 Å². The Kier molecular flexibility index (Phi) is 8.96. The standard InChI is InChI=1S/C46H50N4O/c1-28(2)29-18-19-48-39(23-29)31-20-30(21-32(22-31)44(3,4)5)37-14-13-15-40-42(37)49-43(38-17-16-35(47-12)27-41(38)51)50(40)36-25-33(45(6,7)8)24-34(26-36)46(9,10)11/h13-28,51H,1-11H3. The van der Waals surface area contributed by atoms with Crippen LogP contribution in [0.1, 0.15) is 104 Å². The van der Waals surface area contributed by atoms with E-state index in [1.807, 2.05) is 12.3 Å². The fourth-order valence-corrected chi connectivity index (χ4v) is 6.49. The summed E-state index contributed by atoms with van der Waals surface area (Å²) in [5.74, 6) is 1.04. The number of hydrogen-bond donors (Lipinski definition) is 1. The number of fused-ring (bicyclic) bond motifs is 1. The number of aromatic nitrogens is 3. The number of nitrogens with zero attached hydrogens (tertiary/aromatic N) is 4. The van der Waals surface area contributed by atoms with Gasteiger partial charge in [0.1, 0.15) is 11.6 Å². The van der Waals surface area contributed by atoms with Crippen molar-refractivity contribution in [3.8, 4) is 45.2 Å². The van der Waals surface area contributed by atoms with Crippen molar-refractivity contribution in [2.75, 3.05) is 0 Å². The Morgan fingerprint density at radius 3 is 1.90 bits per heavy atom. The molecule has 260 valence electrons. The summed E-state index contributed by atoms with van der Waals surface area (Å²) >= 11 is 0. The molecule has 0 atom stereocenters. The largest absolute Gasteiger partial charge is 0.509 e. The molecular weight excluding hydrogens is 625 g/mol. The van der Waals surface area contributed by atoms with Crippen LogP contribution in [0.15, 0.2) is 91.1 Å². The van der Waals surface area contributed by atoms with Gasteiger partial charge >= 0.3 is 0 Å². The van der Waals surface area contributed by atoms with Gasteiger partial charge in [-0.2, -0.15) is 0 Å². The summed E-state index contributed by atoms with van der Waals surface area (Å²) in [6.07, 6.45) is 1.91. The van der Waals surface area contributed by atoms with Crippen LogP contribution in [0.2, 0.25) is 0 Å². The molecule has 6 aromatic rings. The summed E-state index contributed by atoms with van der Waals surface area (Å²) in [5.41, 5.74) is 12.4. The van der Waals surface area contributed by atoms with E-state index in [9.17, 15) is 5.11 Å². The van der Waals surface area contributed by atoms with Gasteiger partial charge in [-0.25, -0.2) is 9.83 Å². The summed E-state index contributed by atoms with van der Waals surface area (Å²) in [6.45, 7) is 32.1. The molecule has 0 unspecified atom stereocenters. The van der Waals surface area contributed by atoms with E-state index in [2.05, 4.69) is 152 Å². The lowest BCUT2D eigenvalue weighted by atomic mass is 9.80. The molecule has 5 nitrogen and oxygen atoms in total. The van der Waals surface area contributed by atoms with E-state index >= 15 is 0 Å². The Bertz CT molecular complexity index is 2280. The zero-order valence-electron chi connectivity index (χ0n) is 32.0. The van der Waals surface area contributed by atoms with Crippen LogP contribution in [0.3, 0.4) is 0 Å². The molecule has 0 aliphatic carbocycles. The summed E-state index contributed by atoms with van der Waals surface area (Å²) in [4.78, 5) is 13.8. The van der Waals surface area contributed by atoms with Gasteiger partial charge in [-0.1, -0.05) is 113 Å². The Morgan fingerprint density at radius 1 is 0.686 bits per heavy atom. The molecule has 0 aliphatic rings. The first kappa shape index (κ1) is 35.6. The molecule has 0 bridgehead atoms. The van der Waals surface area contributed by atoms with Crippen molar-refractivity contribution < 1.29 is 5.11 Å². The normalized spacial score (nSPS) is 12.5. The fraction of sp³-hybridized carbons (Fsp3) is 0.326. The van der Waals surface area contributed by atoms with E-state index in [1.165, 1.54) is 28.3 Å². The number of pyridine rings is 1. The number of phenolic OH excluding ortho intramolecular Hbond substituents is 1.